The topological polar surface area (TPSA) is 53.1 Å². The first-order chi connectivity index (χ1) is 10.2. The molecule has 0 fully saturated rings. The van der Waals surface area contributed by atoms with Gasteiger partial charge in [0.25, 0.3) is 0 Å². The van der Waals surface area contributed by atoms with Crippen molar-refractivity contribution in [2.24, 2.45) is 0 Å². The zero-order chi connectivity index (χ0) is 14.8. The number of hydrogen-bond donors (Lipinski definition) is 1. The first-order valence-electron chi connectivity index (χ1n) is 6.66. The van der Waals surface area contributed by atoms with E-state index in [0.717, 1.165) is 22.4 Å². The number of nitrogens with zero attached hydrogens (tertiary/aromatic N) is 2. The summed E-state index contributed by atoms with van der Waals surface area (Å²) in [4.78, 5) is 4.55. The SMILES string of the molecule is COCc1nc2c(N)cccc2n1Cc1ccc(F)cc1. The molecule has 0 radical (unpaired) electrons. The van der Waals surface area contributed by atoms with E-state index in [1.807, 2.05) is 22.8 Å². The summed E-state index contributed by atoms with van der Waals surface area (Å²) in [6.45, 7) is 0.994. The smallest absolute Gasteiger partial charge is 0.136 e. The number of halogens is 1. The zero-order valence-electron chi connectivity index (χ0n) is 11.7. The largest absolute Gasteiger partial charge is 0.397 e. The second kappa shape index (κ2) is 5.54. The van der Waals surface area contributed by atoms with Crippen molar-refractivity contribution in [3.8, 4) is 0 Å². The molecule has 0 atom stereocenters. The van der Waals surface area contributed by atoms with Gasteiger partial charge in [-0.15, -0.1) is 0 Å². The highest BCUT2D eigenvalue weighted by Gasteiger charge is 2.12. The van der Waals surface area contributed by atoms with Gasteiger partial charge in [0.1, 0.15) is 23.8 Å². The highest BCUT2D eigenvalue weighted by atomic mass is 19.1. The number of fused-ring (bicyclic) bond motifs is 1. The number of aromatic nitrogens is 2. The second-order valence-corrected chi connectivity index (χ2v) is 4.89. The Balaban J connectivity index is 2.08. The van der Waals surface area contributed by atoms with Gasteiger partial charge in [-0.1, -0.05) is 18.2 Å². The summed E-state index contributed by atoms with van der Waals surface area (Å²) in [6, 6.07) is 12.2. The Morgan fingerprint density at radius 3 is 2.67 bits per heavy atom. The molecule has 1 aromatic heterocycles. The number of hydrogen-bond acceptors (Lipinski definition) is 3. The van der Waals surface area contributed by atoms with E-state index in [4.69, 9.17) is 10.5 Å². The van der Waals surface area contributed by atoms with E-state index in [2.05, 4.69) is 4.98 Å². The number of rotatable bonds is 4. The molecule has 0 spiro atoms. The van der Waals surface area contributed by atoms with E-state index in [0.29, 0.717) is 18.8 Å². The van der Waals surface area contributed by atoms with Crippen molar-refractivity contribution in [3.05, 3.63) is 59.7 Å². The first kappa shape index (κ1) is 13.6. The van der Waals surface area contributed by atoms with Gasteiger partial charge in [0.15, 0.2) is 0 Å². The van der Waals surface area contributed by atoms with E-state index in [-0.39, 0.29) is 5.82 Å². The molecule has 0 unspecified atom stereocenters. The minimum Gasteiger partial charge on any atom is -0.397 e. The molecule has 5 heteroatoms. The van der Waals surface area contributed by atoms with Gasteiger partial charge < -0.3 is 15.0 Å². The van der Waals surface area contributed by atoms with Crippen molar-refractivity contribution in [1.29, 1.82) is 0 Å². The minimum atomic E-state index is -0.240. The van der Waals surface area contributed by atoms with E-state index in [1.165, 1.54) is 12.1 Å². The Labute approximate surface area is 122 Å². The molecule has 0 saturated heterocycles. The average Bonchev–Trinajstić information content (AvgIpc) is 2.82. The highest BCUT2D eigenvalue weighted by Crippen LogP contribution is 2.23. The lowest BCUT2D eigenvalue weighted by Crippen LogP contribution is -2.06. The number of imidazole rings is 1. The molecule has 21 heavy (non-hydrogen) atoms. The zero-order valence-corrected chi connectivity index (χ0v) is 11.7. The van der Waals surface area contributed by atoms with E-state index >= 15 is 0 Å². The third-order valence-corrected chi connectivity index (χ3v) is 3.42. The monoisotopic (exact) mass is 285 g/mol. The van der Waals surface area contributed by atoms with Crippen LogP contribution in [0, 0.1) is 5.82 Å². The lowest BCUT2D eigenvalue weighted by Gasteiger charge is -2.09. The third kappa shape index (κ3) is 2.60. The molecule has 0 aliphatic heterocycles. The van der Waals surface area contributed by atoms with Gasteiger partial charge >= 0.3 is 0 Å². The summed E-state index contributed by atoms with van der Waals surface area (Å²) in [6.07, 6.45) is 0. The Morgan fingerprint density at radius 1 is 1.19 bits per heavy atom. The molecule has 0 saturated carbocycles. The maximum atomic E-state index is 13.0. The Morgan fingerprint density at radius 2 is 1.95 bits per heavy atom. The molecule has 108 valence electrons. The molecule has 2 N–H and O–H groups in total. The lowest BCUT2D eigenvalue weighted by molar-refractivity contribution is 0.175. The Kier molecular flexibility index (Phi) is 3.58. The fourth-order valence-electron chi connectivity index (χ4n) is 2.40. The summed E-state index contributed by atoms with van der Waals surface area (Å²) in [7, 11) is 1.63. The van der Waals surface area contributed by atoms with Gasteiger partial charge in [0.05, 0.1) is 11.2 Å². The lowest BCUT2D eigenvalue weighted by atomic mass is 10.2. The number of para-hydroxylation sites is 1. The van der Waals surface area contributed by atoms with Gasteiger partial charge in [0, 0.05) is 13.7 Å². The molecular formula is C16H16FN3O. The molecule has 1 heterocycles. The minimum absolute atomic E-state index is 0.240. The standard InChI is InChI=1S/C16H16FN3O/c1-21-10-15-19-16-13(18)3-2-4-14(16)20(15)9-11-5-7-12(17)8-6-11/h2-8H,9-10,18H2,1H3. The number of anilines is 1. The number of nitrogen functional groups attached to an aromatic ring is 1. The fourth-order valence-corrected chi connectivity index (χ4v) is 2.40. The van der Waals surface area contributed by atoms with Gasteiger partial charge in [-0.05, 0) is 29.8 Å². The van der Waals surface area contributed by atoms with Crippen LogP contribution in [0.25, 0.3) is 11.0 Å². The molecular weight excluding hydrogens is 269 g/mol. The Hall–Kier alpha value is -2.40. The number of methoxy groups -OCH3 is 1. The van der Waals surface area contributed by atoms with Crippen molar-refractivity contribution >= 4 is 16.7 Å². The van der Waals surface area contributed by atoms with Crippen molar-refractivity contribution in [2.45, 2.75) is 13.2 Å². The van der Waals surface area contributed by atoms with Crippen LogP contribution in [0.4, 0.5) is 10.1 Å². The van der Waals surface area contributed by atoms with Crippen molar-refractivity contribution in [3.63, 3.8) is 0 Å². The van der Waals surface area contributed by atoms with Crippen molar-refractivity contribution in [1.82, 2.24) is 9.55 Å². The van der Waals surface area contributed by atoms with Crippen LogP contribution in [-0.2, 0) is 17.9 Å². The van der Waals surface area contributed by atoms with Crippen LogP contribution in [0.3, 0.4) is 0 Å². The average molecular weight is 285 g/mol. The molecule has 0 aliphatic rings. The third-order valence-electron chi connectivity index (χ3n) is 3.42. The molecule has 0 bridgehead atoms. The van der Waals surface area contributed by atoms with Crippen molar-refractivity contribution < 1.29 is 9.13 Å². The summed E-state index contributed by atoms with van der Waals surface area (Å²) >= 11 is 0. The van der Waals surface area contributed by atoms with Crippen LogP contribution in [0.2, 0.25) is 0 Å². The summed E-state index contributed by atoms with van der Waals surface area (Å²) in [5.74, 6) is 0.560. The van der Waals surface area contributed by atoms with Crippen LogP contribution in [0.15, 0.2) is 42.5 Å². The van der Waals surface area contributed by atoms with Crippen LogP contribution in [0.5, 0.6) is 0 Å². The van der Waals surface area contributed by atoms with E-state index in [9.17, 15) is 4.39 Å². The predicted octanol–water partition coefficient (Wildman–Crippen LogP) is 2.95. The van der Waals surface area contributed by atoms with E-state index in [1.54, 1.807) is 19.2 Å². The molecule has 2 aromatic carbocycles. The van der Waals surface area contributed by atoms with Crippen molar-refractivity contribution in [2.75, 3.05) is 12.8 Å². The van der Waals surface area contributed by atoms with Crippen LogP contribution < -0.4 is 5.73 Å². The summed E-state index contributed by atoms with van der Waals surface area (Å²) in [5, 5.41) is 0. The van der Waals surface area contributed by atoms with Gasteiger partial charge in [-0.2, -0.15) is 0 Å². The molecule has 0 amide bonds. The van der Waals surface area contributed by atoms with Crippen LogP contribution in [0.1, 0.15) is 11.4 Å². The molecule has 3 rings (SSSR count). The highest BCUT2D eigenvalue weighted by molar-refractivity contribution is 5.87. The molecule has 4 nitrogen and oxygen atoms in total. The maximum Gasteiger partial charge on any atom is 0.136 e. The normalized spacial score (nSPS) is 11.1. The van der Waals surface area contributed by atoms with Crippen LogP contribution >= 0.6 is 0 Å². The van der Waals surface area contributed by atoms with Gasteiger partial charge in [0.2, 0.25) is 0 Å². The fraction of sp³-hybridized carbons (Fsp3) is 0.188. The van der Waals surface area contributed by atoms with E-state index < -0.39 is 0 Å². The molecule has 3 aromatic rings. The molecule has 0 aliphatic carbocycles. The quantitative estimate of drug-likeness (QED) is 0.750. The number of ether oxygens (including phenoxy) is 1. The predicted molar refractivity (Wildman–Crippen MR) is 80.4 cm³/mol. The van der Waals surface area contributed by atoms with Crippen LogP contribution in [-0.4, -0.2) is 16.7 Å². The maximum absolute atomic E-state index is 13.0. The summed E-state index contributed by atoms with van der Waals surface area (Å²) < 4.78 is 20.3. The summed E-state index contributed by atoms with van der Waals surface area (Å²) in [5.41, 5.74) is 9.34. The van der Waals surface area contributed by atoms with Gasteiger partial charge in [-0.3, -0.25) is 0 Å². The first-order valence-corrected chi connectivity index (χ1v) is 6.66. The van der Waals surface area contributed by atoms with Gasteiger partial charge in [-0.25, -0.2) is 9.37 Å². The Bertz CT molecular complexity index is 765. The number of nitrogens with two attached hydrogens (primary N) is 1. The number of benzene rings is 2. The second-order valence-electron chi connectivity index (χ2n) is 4.89.